The fourth-order valence-electron chi connectivity index (χ4n) is 2.30. The Morgan fingerprint density at radius 2 is 2.00 bits per heavy atom. The average molecular weight is 258 g/mol. The molecule has 4 nitrogen and oxygen atoms in total. The predicted molar refractivity (Wildman–Crippen MR) is 79.0 cm³/mol. The van der Waals surface area contributed by atoms with Crippen molar-refractivity contribution >= 4 is 5.82 Å². The smallest absolute Gasteiger partial charge is 0.156 e. The standard InChI is InChI=1S/C15H22N4/c1-5-10-16-14-8-7-9-15(17-14)19-12(4)13(6-2)11(3)18-19/h7-9H,5-6,10H2,1-4H3,(H,16,17). The Bertz CT molecular complexity index is 557. The first kappa shape index (κ1) is 13.6. The van der Waals surface area contributed by atoms with E-state index in [1.54, 1.807) is 0 Å². The number of rotatable bonds is 5. The summed E-state index contributed by atoms with van der Waals surface area (Å²) in [6.07, 6.45) is 2.09. The zero-order valence-corrected chi connectivity index (χ0v) is 12.2. The normalized spacial score (nSPS) is 10.7. The SMILES string of the molecule is CCCNc1cccc(-n2nc(C)c(CC)c2C)n1. The summed E-state index contributed by atoms with van der Waals surface area (Å²) < 4.78 is 1.94. The van der Waals surface area contributed by atoms with Crippen molar-refractivity contribution in [2.75, 3.05) is 11.9 Å². The molecule has 2 aromatic heterocycles. The average Bonchev–Trinajstić information content (AvgIpc) is 2.71. The molecule has 2 aromatic rings. The first-order valence-corrected chi connectivity index (χ1v) is 6.93. The third kappa shape index (κ3) is 2.78. The van der Waals surface area contributed by atoms with Crippen LogP contribution in [0.15, 0.2) is 18.2 Å². The number of hydrogen-bond acceptors (Lipinski definition) is 3. The van der Waals surface area contributed by atoms with Crippen LogP contribution in [-0.4, -0.2) is 21.3 Å². The van der Waals surface area contributed by atoms with Gasteiger partial charge in [0.1, 0.15) is 5.82 Å². The maximum absolute atomic E-state index is 4.62. The molecule has 0 amide bonds. The number of hydrogen-bond donors (Lipinski definition) is 1. The van der Waals surface area contributed by atoms with Crippen LogP contribution >= 0.6 is 0 Å². The van der Waals surface area contributed by atoms with Crippen LogP contribution in [0.2, 0.25) is 0 Å². The lowest BCUT2D eigenvalue weighted by Gasteiger charge is -2.08. The van der Waals surface area contributed by atoms with Gasteiger partial charge in [-0.15, -0.1) is 0 Å². The van der Waals surface area contributed by atoms with Gasteiger partial charge in [0.15, 0.2) is 5.82 Å². The molecular weight excluding hydrogens is 236 g/mol. The van der Waals surface area contributed by atoms with Crippen LogP contribution in [-0.2, 0) is 6.42 Å². The second-order valence-electron chi connectivity index (χ2n) is 4.72. The van der Waals surface area contributed by atoms with E-state index in [0.717, 1.165) is 36.7 Å². The van der Waals surface area contributed by atoms with Gasteiger partial charge in [-0.1, -0.05) is 19.9 Å². The van der Waals surface area contributed by atoms with Gasteiger partial charge in [0.05, 0.1) is 5.69 Å². The molecule has 0 atom stereocenters. The summed E-state index contributed by atoms with van der Waals surface area (Å²) in [6.45, 7) is 9.40. The van der Waals surface area contributed by atoms with Crippen LogP contribution in [0.5, 0.6) is 0 Å². The first-order valence-electron chi connectivity index (χ1n) is 6.93. The lowest BCUT2D eigenvalue weighted by Crippen LogP contribution is -2.06. The van der Waals surface area contributed by atoms with Crippen LogP contribution in [0.25, 0.3) is 5.82 Å². The van der Waals surface area contributed by atoms with Crippen LogP contribution in [0.4, 0.5) is 5.82 Å². The van der Waals surface area contributed by atoms with E-state index in [1.807, 2.05) is 22.9 Å². The van der Waals surface area contributed by atoms with Gasteiger partial charge < -0.3 is 5.32 Å². The van der Waals surface area contributed by atoms with Gasteiger partial charge in [-0.2, -0.15) is 5.10 Å². The summed E-state index contributed by atoms with van der Waals surface area (Å²) in [5.41, 5.74) is 3.59. The summed E-state index contributed by atoms with van der Waals surface area (Å²) in [5, 5.41) is 7.91. The number of anilines is 1. The number of nitrogens with one attached hydrogen (secondary N) is 1. The second kappa shape index (κ2) is 5.87. The van der Waals surface area contributed by atoms with E-state index in [0.29, 0.717) is 0 Å². The molecule has 4 heteroatoms. The van der Waals surface area contributed by atoms with Crippen molar-refractivity contribution in [3.8, 4) is 5.82 Å². The molecular formula is C15H22N4. The molecule has 0 aliphatic carbocycles. The van der Waals surface area contributed by atoms with Gasteiger partial charge in [0.25, 0.3) is 0 Å². The summed E-state index contributed by atoms with van der Waals surface area (Å²) in [6, 6.07) is 6.00. The van der Waals surface area contributed by atoms with E-state index in [-0.39, 0.29) is 0 Å². The van der Waals surface area contributed by atoms with Crippen molar-refractivity contribution in [1.82, 2.24) is 14.8 Å². The minimum atomic E-state index is 0.876. The fourth-order valence-corrected chi connectivity index (χ4v) is 2.30. The highest BCUT2D eigenvalue weighted by Crippen LogP contribution is 2.18. The number of aromatic nitrogens is 3. The van der Waals surface area contributed by atoms with Crippen molar-refractivity contribution in [2.45, 2.75) is 40.5 Å². The molecule has 0 saturated carbocycles. The number of aryl methyl sites for hydroxylation is 1. The third-order valence-corrected chi connectivity index (χ3v) is 3.30. The zero-order chi connectivity index (χ0) is 13.8. The number of pyridine rings is 1. The summed E-state index contributed by atoms with van der Waals surface area (Å²) in [4.78, 5) is 4.62. The molecule has 2 heterocycles. The van der Waals surface area contributed by atoms with Crippen molar-refractivity contribution < 1.29 is 0 Å². The van der Waals surface area contributed by atoms with Gasteiger partial charge in [0, 0.05) is 12.2 Å². The van der Waals surface area contributed by atoms with Crippen molar-refractivity contribution in [1.29, 1.82) is 0 Å². The van der Waals surface area contributed by atoms with Crippen molar-refractivity contribution in [3.63, 3.8) is 0 Å². The molecule has 0 aromatic carbocycles. The van der Waals surface area contributed by atoms with E-state index >= 15 is 0 Å². The summed E-state index contributed by atoms with van der Waals surface area (Å²) in [5.74, 6) is 1.78. The maximum Gasteiger partial charge on any atom is 0.156 e. The fraction of sp³-hybridized carbons (Fsp3) is 0.467. The minimum absolute atomic E-state index is 0.876. The molecule has 102 valence electrons. The Morgan fingerprint density at radius 1 is 1.21 bits per heavy atom. The molecule has 1 N–H and O–H groups in total. The van der Waals surface area contributed by atoms with Gasteiger partial charge in [-0.25, -0.2) is 9.67 Å². The third-order valence-electron chi connectivity index (χ3n) is 3.30. The Labute approximate surface area is 114 Å². The molecule has 0 fully saturated rings. The molecule has 0 saturated heterocycles. The summed E-state index contributed by atoms with van der Waals surface area (Å²) in [7, 11) is 0. The molecule has 19 heavy (non-hydrogen) atoms. The van der Waals surface area contributed by atoms with Crippen LogP contribution in [0, 0.1) is 13.8 Å². The monoisotopic (exact) mass is 258 g/mol. The molecule has 0 radical (unpaired) electrons. The zero-order valence-electron chi connectivity index (χ0n) is 12.2. The highest BCUT2D eigenvalue weighted by Gasteiger charge is 2.11. The Hall–Kier alpha value is -1.84. The minimum Gasteiger partial charge on any atom is -0.370 e. The van der Waals surface area contributed by atoms with Crippen LogP contribution in [0.1, 0.15) is 37.2 Å². The molecule has 0 bridgehead atoms. The highest BCUT2D eigenvalue weighted by molar-refractivity contribution is 5.41. The van der Waals surface area contributed by atoms with Gasteiger partial charge in [-0.3, -0.25) is 0 Å². The largest absolute Gasteiger partial charge is 0.370 e. The van der Waals surface area contributed by atoms with E-state index in [9.17, 15) is 0 Å². The van der Waals surface area contributed by atoms with Crippen LogP contribution < -0.4 is 5.32 Å². The highest BCUT2D eigenvalue weighted by atomic mass is 15.3. The van der Waals surface area contributed by atoms with Gasteiger partial charge in [0.2, 0.25) is 0 Å². The Morgan fingerprint density at radius 3 is 2.63 bits per heavy atom. The van der Waals surface area contributed by atoms with E-state index < -0.39 is 0 Å². The topological polar surface area (TPSA) is 42.7 Å². The quantitative estimate of drug-likeness (QED) is 0.895. The molecule has 0 spiro atoms. The summed E-state index contributed by atoms with van der Waals surface area (Å²) >= 11 is 0. The predicted octanol–water partition coefficient (Wildman–Crippen LogP) is 3.27. The van der Waals surface area contributed by atoms with Crippen molar-refractivity contribution in [2.24, 2.45) is 0 Å². The Kier molecular flexibility index (Phi) is 4.20. The van der Waals surface area contributed by atoms with E-state index in [4.69, 9.17) is 0 Å². The first-order chi connectivity index (χ1) is 9.17. The van der Waals surface area contributed by atoms with Crippen molar-refractivity contribution in [3.05, 3.63) is 35.2 Å². The van der Waals surface area contributed by atoms with E-state index in [2.05, 4.69) is 43.1 Å². The number of nitrogens with zero attached hydrogens (tertiary/aromatic N) is 3. The molecule has 0 unspecified atom stereocenters. The molecule has 0 aliphatic heterocycles. The lowest BCUT2D eigenvalue weighted by atomic mass is 10.1. The van der Waals surface area contributed by atoms with Gasteiger partial charge >= 0.3 is 0 Å². The second-order valence-corrected chi connectivity index (χ2v) is 4.72. The van der Waals surface area contributed by atoms with Gasteiger partial charge in [-0.05, 0) is 44.4 Å². The molecule has 2 rings (SSSR count). The lowest BCUT2D eigenvalue weighted by molar-refractivity contribution is 0.804. The Balaban J connectivity index is 2.36. The molecule has 0 aliphatic rings. The maximum atomic E-state index is 4.62. The van der Waals surface area contributed by atoms with Crippen LogP contribution in [0.3, 0.4) is 0 Å². The van der Waals surface area contributed by atoms with E-state index in [1.165, 1.54) is 11.3 Å².